The van der Waals surface area contributed by atoms with Crippen LogP contribution in [0.4, 0.5) is 4.39 Å². The number of fused-ring (bicyclic) bond motifs is 1. The third kappa shape index (κ3) is 3.62. The Bertz CT molecular complexity index is 688. The molecule has 132 valence electrons. The zero-order chi connectivity index (χ0) is 18.0. The first-order valence-corrected chi connectivity index (χ1v) is 8.52. The molecular formula is C19H21FN2O3. The quantitative estimate of drug-likeness (QED) is 0.659. The molecule has 3 amide bonds. The van der Waals surface area contributed by atoms with Crippen LogP contribution in [0.25, 0.3) is 0 Å². The molecule has 1 saturated heterocycles. The van der Waals surface area contributed by atoms with Gasteiger partial charge in [-0.2, -0.15) is 0 Å². The van der Waals surface area contributed by atoms with Crippen molar-refractivity contribution in [1.29, 1.82) is 0 Å². The Morgan fingerprint density at radius 1 is 1.16 bits per heavy atom. The number of nitrogens with one attached hydrogen (secondary N) is 1. The number of imide groups is 1. The van der Waals surface area contributed by atoms with E-state index in [2.05, 4.69) is 5.32 Å². The first-order valence-electron chi connectivity index (χ1n) is 8.52. The van der Waals surface area contributed by atoms with Gasteiger partial charge in [-0.1, -0.05) is 24.3 Å². The molecule has 2 aliphatic rings. The highest BCUT2D eigenvalue weighted by Gasteiger charge is 2.46. The molecule has 1 N–H and O–H groups in total. The summed E-state index contributed by atoms with van der Waals surface area (Å²) >= 11 is 0. The van der Waals surface area contributed by atoms with Crippen molar-refractivity contribution in [2.24, 2.45) is 11.8 Å². The molecule has 0 unspecified atom stereocenters. The second-order valence-corrected chi connectivity index (χ2v) is 6.57. The Labute approximate surface area is 145 Å². The van der Waals surface area contributed by atoms with Crippen LogP contribution in [0.5, 0.6) is 0 Å². The molecule has 5 nitrogen and oxygen atoms in total. The predicted molar refractivity (Wildman–Crippen MR) is 89.6 cm³/mol. The van der Waals surface area contributed by atoms with Crippen molar-refractivity contribution in [3.8, 4) is 0 Å². The van der Waals surface area contributed by atoms with Gasteiger partial charge in [0.2, 0.25) is 17.7 Å². The van der Waals surface area contributed by atoms with Crippen LogP contribution in [0.2, 0.25) is 0 Å². The molecule has 0 aromatic heterocycles. The number of likely N-dealkylation sites (tertiary alicyclic amines) is 1. The second-order valence-electron chi connectivity index (χ2n) is 6.57. The van der Waals surface area contributed by atoms with E-state index in [0.29, 0.717) is 12.8 Å². The number of hydrogen-bond acceptors (Lipinski definition) is 3. The van der Waals surface area contributed by atoms with Crippen LogP contribution < -0.4 is 5.32 Å². The minimum atomic E-state index is -0.329. The maximum atomic E-state index is 12.9. The number of carbonyl (C=O) groups is 3. The highest BCUT2D eigenvalue weighted by Crippen LogP contribution is 2.34. The maximum Gasteiger partial charge on any atom is 0.233 e. The number of halogens is 1. The normalized spacial score (nSPS) is 23.5. The number of allylic oxidation sites excluding steroid dienone is 2. The minimum absolute atomic E-state index is 0.0654. The summed E-state index contributed by atoms with van der Waals surface area (Å²) in [6, 6.07) is 5.65. The maximum absolute atomic E-state index is 12.9. The highest BCUT2D eigenvalue weighted by molar-refractivity contribution is 6.05. The van der Waals surface area contributed by atoms with Crippen molar-refractivity contribution in [3.05, 3.63) is 47.8 Å². The van der Waals surface area contributed by atoms with Crippen LogP contribution in [0.1, 0.15) is 37.8 Å². The molecule has 3 atom stereocenters. The van der Waals surface area contributed by atoms with E-state index in [1.807, 2.05) is 12.2 Å². The Morgan fingerprint density at radius 2 is 1.72 bits per heavy atom. The van der Waals surface area contributed by atoms with Crippen LogP contribution >= 0.6 is 0 Å². The Kier molecular flexibility index (Phi) is 4.97. The Balaban J connectivity index is 1.53. The lowest BCUT2D eigenvalue weighted by molar-refractivity contribution is -0.140. The van der Waals surface area contributed by atoms with Crippen molar-refractivity contribution in [3.63, 3.8) is 0 Å². The van der Waals surface area contributed by atoms with E-state index in [4.69, 9.17) is 0 Å². The summed E-state index contributed by atoms with van der Waals surface area (Å²) in [5.74, 6) is -1.44. The van der Waals surface area contributed by atoms with E-state index >= 15 is 0 Å². The van der Waals surface area contributed by atoms with Gasteiger partial charge in [0.1, 0.15) is 5.82 Å². The molecule has 0 radical (unpaired) electrons. The summed E-state index contributed by atoms with van der Waals surface area (Å²) in [6.45, 7) is 1.91. The fraction of sp³-hybridized carbons (Fsp3) is 0.421. The van der Waals surface area contributed by atoms with Gasteiger partial charge >= 0.3 is 0 Å². The molecule has 0 spiro atoms. The van der Waals surface area contributed by atoms with Crippen molar-refractivity contribution in [1.82, 2.24) is 10.2 Å². The average molecular weight is 344 g/mol. The van der Waals surface area contributed by atoms with Crippen LogP contribution in [-0.4, -0.2) is 29.2 Å². The molecule has 0 saturated carbocycles. The Morgan fingerprint density at radius 3 is 2.28 bits per heavy atom. The van der Waals surface area contributed by atoms with E-state index in [9.17, 15) is 18.8 Å². The monoisotopic (exact) mass is 344 g/mol. The third-order valence-corrected chi connectivity index (χ3v) is 4.91. The molecule has 1 aromatic carbocycles. The van der Waals surface area contributed by atoms with Gasteiger partial charge in [0, 0.05) is 13.0 Å². The summed E-state index contributed by atoms with van der Waals surface area (Å²) in [5.41, 5.74) is 0.792. The van der Waals surface area contributed by atoms with Crippen molar-refractivity contribution in [2.45, 2.75) is 32.2 Å². The number of carbonyl (C=O) groups excluding carboxylic acids is 3. The lowest BCUT2D eigenvalue weighted by atomic mass is 9.85. The number of rotatable bonds is 5. The molecule has 1 aliphatic carbocycles. The van der Waals surface area contributed by atoms with Gasteiger partial charge in [-0.25, -0.2) is 4.39 Å². The van der Waals surface area contributed by atoms with E-state index in [0.717, 1.165) is 5.56 Å². The lowest BCUT2D eigenvalue weighted by Gasteiger charge is -2.17. The van der Waals surface area contributed by atoms with E-state index in [-0.39, 0.29) is 54.4 Å². The van der Waals surface area contributed by atoms with Gasteiger partial charge < -0.3 is 5.32 Å². The number of benzene rings is 1. The molecular weight excluding hydrogens is 323 g/mol. The van der Waals surface area contributed by atoms with E-state index in [1.165, 1.54) is 17.0 Å². The van der Waals surface area contributed by atoms with Crippen LogP contribution in [-0.2, 0) is 14.4 Å². The van der Waals surface area contributed by atoms with Crippen LogP contribution in [0.3, 0.4) is 0 Å². The van der Waals surface area contributed by atoms with Gasteiger partial charge in [-0.05, 0) is 37.5 Å². The van der Waals surface area contributed by atoms with E-state index in [1.54, 1.807) is 19.1 Å². The van der Waals surface area contributed by atoms with E-state index < -0.39 is 0 Å². The highest BCUT2D eigenvalue weighted by atomic mass is 19.1. The fourth-order valence-electron chi connectivity index (χ4n) is 3.45. The summed E-state index contributed by atoms with van der Waals surface area (Å²) < 4.78 is 12.9. The standard InChI is InChI=1S/C19H21FN2O3/c1-12(13-6-8-14(20)9-7-13)21-17(23)10-11-22-18(24)15-4-2-3-5-16(15)19(22)25/h2-3,6-9,12,15-16H,4-5,10-11H2,1H3,(H,21,23)/t12-,15-,16+/m1/s1. The summed E-state index contributed by atoms with van der Waals surface area (Å²) in [7, 11) is 0. The lowest BCUT2D eigenvalue weighted by Crippen LogP contribution is -2.36. The Hall–Kier alpha value is -2.50. The zero-order valence-electron chi connectivity index (χ0n) is 14.1. The first-order chi connectivity index (χ1) is 12.0. The molecule has 25 heavy (non-hydrogen) atoms. The van der Waals surface area contributed by atoms with Crippen molar-refractivity contribution in [2.75, 3.05) is 6.54 Å². The topological polar surface area (TPSA) is 66.5 Å². The third-order valence-electron chi connectivity index (χ3n) is 4.91. The molecule has 1 aromatic rings. The summed E-state index contributed by atoms with van der Waals surface area (Å²) in [6.07, 6.45) is 5.13. The zero-order valence-corrected chi connectivity index (χ0v) is 14.1. The average Bonchev–Trinajstić information content (AvgIpc) is 2.85. The smallest absolute Gasteiger partial charge is 0.233 e. The molecule has 3 rings (SSSR count). The van der Waals surface area contributed by atoms with Crippen molar-refractivity contribution >= 4 is 17.7 Å². The number of hydrogen-bond donors (Lipinski definition) is 1. The van der Waals surface area contributed by atoms with Crippen molar-refractivity contribution < 1.29 is 18.8 Å². The predicted octanol–water partition coefficient (Wildman–Crippen LogP) is 2.34. The van der Waals surface area contributed by atoms with Gasteiger partial charge in [0.25, 0.3) is 0 Å². The molecule has 1 aliphatic heterocycles. The molecule has 6 heteroatoms. The largest absolute Gasteiger partial charge is 0.350 e. The SMILES string of the molecule is C[C@@H](NC(=O)CCN1C(=O)[C@H]2CC=CC[C@H]2C1=O)c1ccc(F)cc1. The van der Waals surface area contributed by atoms with Gasteiger partial charge in [0.05, 0.1) is 17.9 Å². The second kappa shape index (κ2) is 7.17. The van der Waals surface area contributed by atoms with Crippen LogP contribution in [0.15, 0.2) is 36.4 Å². The fourth-order valence-corrected chi connectivity index (χ4v) is 3.45. The molecule has 1 fully saturated rings. The van der Waals surface area contributed by atoms with Gasteiger partial charge in [-0.15, -0.1) is 0 Å². The minimum Gasteiger partial charge on any atom is -0.350 e. The van der Waals surface area contributed by atoms with Crippen LogP contribution in [0, 0.1) is 17.7 Å². The first kappa shape index (κ1) is 17.3. The summed E-state index contributed by atoms with van der Waals surface area (Å²) in [5, 5.41) is 2.81. The molecule has 0 bridgehead atoms. The van der Waals surface area contributed by atoms with Gasteiger partial charge in [-0.3, -0.25) is 19.3 Å². The summed E-state index contributed by atoms with van der Waals surface area (Å²) in [4.78, 5) is 38.0. The van der Waals surface area contributed by atoms with Gasteiger partial charge in [0.15, 0.2) is 0 Å². The molecule has 1 heterocycles. The number of nitrogens with zero attached hydrogens (tertiary/aromatic N) is 1. The number of amides is 3.